The van der Waals surface area contributed by atoms with Gasteiger partial charge in [0.05, 0.1) is 13.2 Å². The monoisotopic (exact) mass is 361 g/mol. The number of aromatic nitrogens is 3. The smallest absolute Gasteiger partial charge is 0.137 e. The van der Waals surface area contributed by atoms with Crippen LogP contribution in [0.2, 0.25) is 0 Å². The molecule has 23 heavy (non-hydrogen) atoms. The van der Waals surface area contributed by atoms with Gasteiger partial charge in [0, 0.05) is 22.6 Å². The molecule has 126 valence electrons. The second kappa shape index (κ2) is 8.09. The molecule has 5 nitrogen and oxygen atoms in total. The van der Waals surface area contributed by atoms with E-state index in [2.05, 4.69) is 10.1 Å². The largest absolute Gasteiger partial charge is 0.395 e. The second-order valence-corrected chi connectivity index (χ2v) is 7.75. The van der Waals surface area contributed by atoms with Crippen molar-refractivity contribution < 1.29 is 19.0 Å². The molecule has 0 fully saturated rings. The van der Waals surface area contributed by atoms with E-state index in [-0.39, 0.29) is 18.7 Å². The molecule has 0 aliphatic carbocycles. The number of halogens is 2. The van der Waals surface area contributed by atoms with E-state index in [0.29, 0.717) is 5.75 Å². The molecule has 0 bridgehead atoms. The fourth-order valence-electron chi connectivity index (χ4n) is 2.10. The van der Waals surface area contributed by atoms with E-state index in [0.717, 1.165) is 12.1 Å². The molecule has 0 aliphatic heterocycles. The van der Waals surface area contributed by atoms with Crippen molar-refractivity contribution in [2.75, 3.05) is 12.4 Å². The van der Waals surface area contributed by atoms with Gasteiger partial charge in [0.1, 0.15) is 29.9 Å². The summed E-state index contributed by atoms with van der Waals surface area (Å²) in [7, 11) is 2.69. The average molecular weight is 361 g/mol. The third kappa shape index (κ3) is 4.43. The molecule has 0 radical (unpaired) electrons. The first-order valence-corrected chi connectivity index (χ1v) is 9.25. The van der Waals surface area contributed by atoms with Crippen LogP contribution in [0.25, 0.3) is 0 Å². The maximum Gasteiger partial charge on any atom is 0.137 e. The van der Waals surface area contributed by atoms with Crippen LogP contribution < -0.4 is 0 Å². The molecular weight excluding hydrogens is 344 g/mol. The Morgan fingerprint density at radius 1 is 1.39 bits per heavy atom. The van der Waals surface area contributed by atoms with E-state index in [1.54, 1.807) is 6.92 Å². The quantitative estimate of drug-likeness (QED) is 0.555. The van der Waals surface area contributed by atoms with E-state index >= 15 is 0 Å². The number of benzene rings is 1. The Bertz CT molecular complexity index is 630. The van der Waals surface area contributed by atoms with Crippen molar-refractivity contribution in [2.45, 2.75) is 24.3 Å². The molecule has 0 aliphatic rings. The topological polar surface area (TPSA) is 71.2 Å². The van der Waals surface area contributed by atoms with E-state index in [1.165, 1.54) is 45.0 Å². The van der Waals surface area contributed by atoms with Gasteiger partial charge in [-0.1, -0.05) is 27.7 Å². The highest BCUT2D eigenvalue weighted by molar-refractivity contribution is 8.76. The first-order valence-electron chi connectivity index (χ1n) is 6.87. The Balaban J connectivity index is 2.33. The van der Waals surface area contributed by atoms with Crippen LogP contribution in [0.1, 0.15) is 12.5 Å². The van der Waals surface area contributed by atoms with Crippen LogP contribution in [0.15, 0.2) is 30.9 Å². The van der Waals surface area contributed by atoms with Gasteiger partial charge in [-0.05, 0) is 13.0 Å². The van der Waals surface area contributed by atoms with Gasteiger partial charge < -0.3 is 10.2 Å². The fourth-order valence-corrected chi connectivity index (χ4v) is 4.44. The Labute approximate surface area is 140 Å². The van der Waals surface area contributed by atoms with Gasteiger partial charge in [-0.2, -0.15) is 5.10 Å². The zero-order chi connectivity index (χ0) is 16.9. The average Bonchev–Trinajstić information content (AvgIpc) is 2.99. The van der Waals surface area contributed by atoms with Crippen LogP contribution in [0.3, 0.4) is 0 Å². The number of hydrogen-bond donors (Lipinski definition) is 2. The Morgan fingerprint density at radius 3 is 2.78 bits per heavy atom. The summed E-state index contributed by atoms with van der Waals surface area (Å²) in [4.78, 5) is 3.81. The van der Waals surface area contributed by atoms with Gasteiger partial charge in [-0.3, -0.25) is 0 Å². The molecule has 0 saturated carbocycles. The zero-order valence-corrected chi connectivity index (χ0v) is 14.0. The maximum absolute atomic E-state index is 14.2. The fraction of sp³-hybridized carbons (Fsp3) is 0.429. The molecule has 9 heteroatoms. The summed E-state index contributed by atoms with van der Waals surface area (Å²) in [5, 5.41) is 23.5. The first-order chi connectivity index (χ1) is 11.0. The number of aliphatic hydroxyl groups is 2. The molecule has 0 spiro atoms. The highest BCUT2D eigenvalue weighted by Crippen LogP contribution is 2.40. The SMILES string of the molecule is C[C@@H](SSCCO)[C@](O)(Cn1cncn1)c1ccc(F)cc1F. The minimum atomic E-state index is -1.61. The molecular formula is C14H17F2N3O2S2. The summed E-state index contributed by atoms with van der Waals surface area (Å²) in [6, 6.07) is 3.11. The lowest BCUT2D eigenvalue weighted by molar-refractivity contribution is 0.0137. The molecule has 0 unspecified atom stereocenters. The molecule has 1 heterocycles. The molecule has 0 saturated heterocycles. The van der Waals surface area contributed by atoms with Crippen molar-refractivity contribution in [2.24, 2.45) is 0 Å². The molecule has 0 amide bonds. The Kier molecular flexibility index (Phi) is 6.40. The number of aliphatic hydroxyl groups excluding tert-OH is 1. The summed E-state index contributed by atoms with van der Waals surface area (Å²) >= 11 is 0. The Morgan fingerprint density at radius 2 is 2.17 bits per heavy atom. The molecule has 2 atom stereocenters. The Hall–Kier alpha value is -1.16. The van der Waals surface area contributed by atoms with Gasteiger partial charge in [0.15, 0.2) is 0 Å². The van der Waals surface area contributed by atoms with E-state index < -0.39 is 22.5 Å². The normalized spacial score (nSPS) is 15.3. The highest BCUT2D eigenvalue weighted by Gasteiger charge is 2.39. The number of rotatable bonds is 8. The van der Waals surface area contributed by atoms with Gasteiger partial charge in [-0.25, -0.2) is 18.4 Å². The van der Waals surface area contributed by atoms with Gasteiger partial charge in [0.2, 0.25) is 0 Å². The summed E-state index contributed by atoms with van der Waals surface area (Å²) in [5.41, 5.74) is -1.61. The van der Waals surface area contributed by atoms with Crippen molar-refractivity contribution in [3.8, 4) is 0 Å². The lowest BCUT2D eigenvalue weighted by Crippen LogP contribution is -2.41. The molecule has 2 N–H and O–H groups in total. The van der Waals surface area contributed by atoms with E-state index in [4.69, 9.17) is 5.11 Å². The summed E-state index contributed by atoms with van der Waals surface area (Å²) in [5.74, 6) is -1.03. The third-order valence-electron chi connectivity index (χ3n) is 3.33. The molecule has 1 aromatic heterocycles. The van der Waals surface area contributed by atoms with Crippen molar-refractivity contribution in [1.82, 2.24) is 14.8 Å². The highest BCUT2D eigenvalue weighted by atomic mass is 33.1. The van der Waals surface area contributed by atoms with Crippen LogP contribution in [-0.4, -0.2) is 42.6 Å². The summed E-state index contributed by atoms with van der Waals surface area (Å²) in [6.07, 6.45) is 2.74. The lowest BCUT2D eigenvalue weighted by atomic mass is 9.90. The maximum atomic E-state index is 14.2. The zero-order valence-electron chi connectivity index (χ0n) is 12.4. The minimum Gasteiger partial charge on any atom is -0.395 e. The van der Waals surface area contributed by atoms with Crippen LogP contribution in [0.5, 0.6) is 0 Å². The van der Waals surface area contributed by atoms with Crippen LogP contribution >= 0.6 is 21.6 Å². The van der Waals surface area contributed by atoms with Crippen molar-refractivity contribution in [1.29, 1.82) is 0 Å². The van der Waals surface area contributed by atoms with Crippen LogP contribution in [0.4, 0.5) is 8.78 Å². The summed E-state index contributed by atoms with van der Waals surface area (Å²) in [6.45, 7) is 1.73. The summed E-state index contributed by atoms with van der Waals surface area (Å²) < 4.78 is 28.8. The molecule has 2 aromatic rings. The van der Waals surface area contributed by atoms with Crippen molar-refractivity contribution >= 4 is 21.6 Å². The van der Waals surface area contributed by atoms with Gasteiger partial charge in [0.25, 0.3) is 0 Å². The predicted octanol–water partition coefficient (Wildman–Crippen LogP) is 2.21. The number of hydrogen-bond acceptors (Lipinski definition) is 6. The van der Waals surface area contributed by atoms with Crippen LogP contribution in [-0.2, 0) is 12.1 Å². The predicted molar refractivity (Wildman–Crippen MR) is 86.9 cm³/mol. The molecule has 1 aromatic carbocycles. The second-order valence-electron chi connectivity index (χ2n) is 4.93. The standard InChI is InChI=1S/C14H17F2N3O2S2/c1-10(23-22-5-4-20)14(21,7-19-9-17-8-18-19)12-3-2-11(15)6-13(12)16/h2-3,6,8-10,20-21H,4-5,7H2,1H3/t10-,14-/m1/s1. The van der Waals surface area contributed by atoms with E-state index in [1.807, 2.05) is 0 Å². The minimum absolute atomic E-state index is 0.000927. The van der Waals surface area contributed by atoms with Crippen molar-refractivity contribution in [3.05, 3.63) is 48.1 Å². The first kappa shape index (κ1) is 18.2. The molecule has 2 rings (SSSR count). The van der Waals surface area contributed by atoms with Crippen molar-refractivity contribution in [3.63, 3.8) is 0 Å². The van der Waals surface area contributed by atoms with E-state index in [9.17, 15) is 13.9 Å². The third-order valence-corrected chi connectivity index (χ3v) is 6.26. The van der Waals surface area contributed by atoms with Gasteiger partial charge >= 0.3 is 0 Å². The van der Waals surface area contributed by atoms with Crippen LogP contribution in [0, 0.1) is 11.6 Å². The lowest BCUT2D eigenvalue weighted by Gasteiger charge is -2.34. The number of nitrogens with zero attached hydrogens (tertiary/aromatic N) is 3. The van der Waals surface area contributed by atoms with Gasteiger partial charge in [-0.15, -0.1) is 0 Å².